The number of aromatic nitrogens is 3. The molecular formula is C42H60F2N10O2. The van der Waals surface area contributed by atoms with Crippen LogP contribution in [-0.2, 0) is 17.4 Å². The van der Waals surface area contributed by atoms with Crippen LogP contribution in [0.3, 0.4) is 0 Å². The van der Waals surface area contributed by atoms with E-state index in [1.165, 1.54) is 0 Å². The molecule has 0 bridgehead atoms. The lowest BCUT2D eigenvalue weighted by Gasteiger charge is -2.32. The fraction of sp³-hybridized carbons (Fsp3) is 0.524. The summed E-state index contributed by atoms with van der Waals surface area (Å²) < 4.78 is 28.3. The molecular weight excluding hydrogens is 715 g/mol. The van der Waals surface area contributed by atoms with Crippen LogP contribution in [-0.4, -0.2) is 77.6 Å². The third-order valence-electron chi connectivity index (χ3n) is 10.2. The number of nitrogens with one attached hydrogen (secondary N) is 4. The molecule has 1 saturated carbocycles. The Morgan fingerprint density at radius 2 is 1.64 bits per heavy atom. The summed E-state index contributed by atoms with van der Waals surface area (Å²) in [6.45, 7) is 18.6. The number of hydrogen-bond acceptors (Lipinski definition) is 7. The average Bonchev–Trinajstić information content (AvgIpc) is 3.58. The Morgan fingerprint density at radius 1 is 0.964 bits per heavy atom. The first-order chi connectivity index (χ1) is 26.4. The number of nitrogens with zero attached hydrogens (tertiary/aromatic N) is 4. The minimum absolute atomic E-state index is 0.0352. The molecule has 12 nitrogen and oxygen atoms in total. The van der Waals surface area contributed by atoms with Gasteiger partial charge in [0.1, 0.15) is 5.65 Å². The van der Waals surface area contributed by atoms with E-state index in [0.717, 1.165) is 79.3 Å². The second kappa shape index (κ2) is 18.0. The molecule has 0 spiro atoms. The van der Waals surface area contributed by atoms with Crippen LogP contribution in [0, 0.1) is 0 Å². The summed E-state index contributed by atoms with van der Waals surface area (Å²) in [6.07, 6.45) is 3.08. The van der Waals surface area contributed by atoms with Crippen LogP contribution in [0.4, 0.5) is 14.5 Å². The van der Waals surface area contributed by atoms with Crippen molar-refractivity contribution in [3.05, 3.63) is 87.6 Å². The maximum Gasteiger partial charge on any atom is 0.354 e. The average molecular weight is 775 g/mol. The molecule has 14 heteroatoms. The molecule has 1 aliphatic heterocycles. The Morgan fingerprint density at radius 3 is 2.27 bits per heavy atom. The second-order valence-corrected chi connectivity index (χ2v) is 17.0. The molecule has 56 heavy (non-hydrogen) atoms. The Hall–Kier alpha value is -4.82. The number of carbonyl (C=O) groups is 1. The molecule has 304 valence electrons. The van der Waals surface area contributed by atoms with E-state index in [9.17, 15) is 18.4 Å². The zero-order valence-corrected chi connectivity index (χ0v) is 33.8. The maximum absolute atomic E-state index is 13.4. The van der Waals surface area contributed by atoms with Gasteiger partial charge in [0, 0.05) is 92.1 Å². The summed E-state index contributed by atoms with van der Waals surface area (Å²) in [6, 6.07) is 15.8. The molecule has 3 heterocycles. The zero-order chi connectivity index (χ0) is 40.7. The fourth-order valence-electron chi connectivity index (χ4n) is 6.74. The molecule has 1 saturated heterocycles. The molecule has 0 radical (unpaired) electrons. The van der Waals surface area contributed by atoms with E-state index in [0.29, 0.717) is 30.6 Å². The molecule has 0 atom stereocenters. The highest BCUT2D eigenvalue weighted by molar-refractivity contribution is 5.95. The van der Waals surface area contributed by atoms with E-state index in [2.05, 4.69) is 89.5 Å². The first kappa shape index (κ1) is 42.3. The fourth-order valence-corrected chi connectivity index (χ4v) is 6.74. The van der Waals surface area contributed by atoms with Crippen molar-refractivity contribution in [1.29, 1.82) is 0 Å². The van der Waals surface area contributed by atoms with Gasteiger partial charge in [-0.15, -0.1) is 0 Å². The number of guanidine groups is 1. The van der Waals surface area contributed by atoms with Crippen molar-refractivity contribution in [3.8, 4) is 5.69 Å². The van der Waals surface area contributed by atoms with Crippen molar-refractivity contribution in [2.45, 2.75) is 103 Å². The molecule has 2 aliphatic rings. The van der Waals surface area contributed by atoms with Gasteiger partial charge < -0.3 is 37.3 Å². The van der Waals surface area contributed by atoms with Crippen LogP contribution in [0.25, 0.3) is 16.7 Å². The van der Waals surface area contributed by atoms with Crippen LogP contribution >= 0.6 is 0 Å². The van der Waals surface area contributed by atoms with Gasteiger partial charge in [-0.1, -0.05) is 53.7 Å². The lowest BCUT2D eigenvalue weighted by molar-refractivity contribution is -0.0399. The number of fused-ring (bicyclic) bond motifs is 1. The highest BCUT2D eigenvalue weighted by Crippen LogP contribution is 2.34. The predicted octanol–water partition coefficient (Wildman–Crippen LogP) is 5.47. The van der Waals surface area contributed by atoms with E-state index in [4.69, 9.17) is 11.5 Å². The number of amides is 1. The molecule has 6 rings (SSSR count). The van der Waals surface area contributed by atoms with Crippen LogP contribution < -0.4 is 38.0 Å². The SMILES string of the molecule is CC(C)(C)c1cc(C(=O)NC2CCC(F)(F)CC2)cc(N2CCNCC2)c1.CC(C)(C)c1cc2cn(-c3ccc(CNCCCN=C(N)N)cc3)c(=O)nc2[nH]1. The Kier molecular flexibility index (Phi) is 13.6. The third kappa shape index (κ3) is 11.8. The van der Waals surface area contributed by atoms with Crippen LogP contribution in [0.1, 0.15) is 101 Å². The molecule has 8 N–H and O–H groups in total. The number of benzene rings is 2. The van der Waals surface area contributed by atoms with Gasteiger partial charge in [-0.3, -0.25) is 14.4 Å². The standard InChI is InChI=1S/C21H31F2N3O.C21H29N7O/c1-20(2,3)16-12-15(13-18(14-16)26-10-8-24-9-11-26)19(27)25-17-4-6-21(22,23)7-5-17;1-21(2,3)17-11-15-13-28(20(29)27-18(15)26-17)16-7-5-14(6-8-16)12-24-9-4-10-25-19(22)23/h12-14,17,24H,4-11H2,1-3H3,(H,25,27);5-8,11,13,24H,4,9-10,12H2,1-3H3,(H4,22,23,25)(H,26,27,29). The van der Waals surface area contributed by atoms with Crippen molar-refractivity contribution < 1.29 is 13.6 Å². The van der Waals surface area contributed by atoms with Crippen molar-refractivity contribution in [3.63, 3.8) is 0 Å². The smallest absolute Gasteiger partial charge is 0.354 e. The van der Waals surface area contributed by atoms with Crippen molar-refractivity contribution in [2.24, 2.45) is 16.5 Å². The number of anilines is 1. The molecule has 0 unspecified atom stereocenters. The highest BCUT2D eigenvalue weighted by atomic mass is 19.3. The van der Waals surface area contributed by atoms with E-state index in [-0.39, 0.29) is 47.3 Å². The third-order valence-corrected chi connectivity index (χ3v) is 10.2. The number of aliphatic imine (C=N–C) groups is 1. The zero-order valence-electron chi connectivity index (χ0n) is 33.8. The molecule has 1 amide bonds. The first-order valence-corrected chi connectivity index (χ1v) is 19.7. The van der Waals surface area contributed by atoms with Gasteiger partial charge in [-0.25, -0.2) is 13.6 Å². The van der Waals surface area contributed by atoms with E-state index >= 15 is 0 Å². The molecule has 4 aromatic rings. The topological polar surface area (TPSA) is 171 Å². The summed E-state index contributed by atoms with van der Waals surface area (Å²) in [5.41, 5.74) is 16.6. The van der Waals surface area contributed by atoms with Crippen LogP contribution in [0.15, 0.2) is 64.5 Å². The van der Waals surface area contributed by atoms with E-state index < -0.39 is 5.92 Å². The summed E-state index contributed by atoms with van der Waals surface area (Å²) >= 11 is 0. The Balaban J connectivity index is 0.000000215. The summed E-state index contributed by atoms with van der Waals surface area (Å²) in [7, 11) is 0. The first-order valence-electron chi connectivity index (χ1n) is 19.7. The number of aromatic amines is 1. The normalized spacial score (nSPS) is 16.2. The van der Waals surface area contributed by atoms with Crippen molar-refractivity contribution in [1.82, 2.24) is 30.5 Å². The van der Waals surface area contributed by atoms with Crippen molar-refractivity contribution >= 4 is 28.6 Å². The van der Waals surface area contributed by atoms with Gasteiger partial charge in [0.2, 0.25) is 5.92 Å². The van der Waals surface area contributed by atoms with Crippen LogP contribution in [0.2, 0.25) is 0 Å². The van der Waals surface area contributed by atoms with Gasteiger partial charge in [0.25, 0.3) is 5.91 Å². The molecule has 1 aliphatic carbocycles. The largest absolute Gasteiger partial charge is 0.370 e. The van der Waals surface area contributed by atoms with E-state index in [1.54, 1.807) is 4.57 Å². The minimum Gasteiger partial charge on any atom is -0.370 e. The van der Waals surface area contributed by atoms with Gasteiger partial charge in [-0.2, -0.15) is 4.98 Å². The van der Waals surface area contributed by atoms with Gasteiger partial charge in [-0.05, 0) is 78.7 Å². The van der Waals surface area contributed by atoms with Gasteiger partial charge in [0.15, 0.2) is 5.96 Å². The van der Waals surface area contributed by atoms with Gasteiger partial charge >= 0.3 is 5.69 Å². The number of carbonyl (C=O) groups excluding carboxylic acids is 1. The highest BCUT2D eigenvalue weighted by Gasteiger charge is 2.35. The minimum atomic E-state index is -2.58. The van der Waals surface area contributed by atoms with Crippen LogP contribution in [0.5, 0.6) is 0 Å². The second-order valence-electron chi connectivity index (χ2n) is 17.0. The molecule has 2 fully saturated rings. The predicted molar refractivity (Wildman–Crippen MR) is 222 cm³/mol. The van der Waals surface area contributed by atoms with E-state index in [1.807, 2.05) is 42.6 Å². The van der Waals surface area contributed by atoms with Crippen molar-refractivity contribution in [2.75, 3.05) is 44.2 Å². The monoisotopic (exact) mass is 774 g/mol. The quantitative estimate of drug-likeness (QED) is 0.0701. The number of alkyl halides is 2. The molecule has 2 aromatic heterocycles. The molecule has 2 aromatic carbocycles. The number of piperazine rings is 1. The number of halogens is 2. The lowest BCUT2D eigenvalue weighted by atomic mass is 9.85. The number of H-pyrrole nitrogens is 1. The summed E-state index contributed by atoms with van der Waals surface area (Å²) in [5, 5.41) is 10.6. The number of hydrogen-bond donors (Lipinski definition) is 6. The maximum atomic E-state index is 13.4. The van der Waals surface area contributed by atoms with Gasteiger partial charge in [0.05, 0.1) is 5.69 Å². The number of nitrogens with two attached hydrogens (primary N) is 2. The summed E-state index contributed by atoms with van der Waals surface area (Å²) in [5.74, 6) is -2.62. The Labute approximate surface area is 328 Å². The lowest BCUT2D eigenvalue weighted by Crippen LogP contribution is -2.44. The number of rotatable bonds is 10. The Bertz CT molecular complexity index is 2010. The summed E-state index contributed by atoms with van der Waals surface area (Å²) in [4.78, 5) is 39.1.